The second kappa shape index (κ2) is 7.19. The Hall–Kier alpha value is 0.870. The smallest absolute Gasteiger partial charge is 0.248 e. The van der Waals surface area contributed by atoms with Crippen molar-refractivity contribution >= 4 is 40.0 Å². The van der Waals surface area contributed by atoms with E-state index in [4.69, 9.17) is 4.18 Å². The summed E-state index contributed by atoms with van der Waals surface area (Å²) in [6.07, 6.45) is 4.12. The molecule has 0 saturated carbocycles. The van der Waals surface area contributed by atoms with Gasteiger partial charge in [0.25, 0.3) is 0 Å². The molecule has 0 spiro atoms. The van der Waals surface area contributed by atoms with Crippen LogP contribution in [0.5, 0.6) is 0 Å². The molecule has 0 aliphatic carbocycles. The number of rotatable bonds is 1. The maximum Gasteiger partial charge on any atom is 0.400 e. The zero-order valence-electron chi connectivity index (χ0n) is 8.86. The third-order valence-corrected chi connectivity index (χ3v) is 3.07. The van der Waals surface area contributed by atoms with Gasteiger partial charge in [0.2, 0.25) is 0 Å². The normalized spacial score (nSPS) is 27.9. The summed E-state index contributed by atoms with van der Waals surface area (Å²) in [5, 5.41) is 0. The molecule has 0 N–H and O–H groups in total. The van der Waals surface area contributed by atoms with Crippen molar-refractivity contribution in [2.75, 3.05) is 6.61 Å². The Labute approximate surface area is 108 Å². The van der Waals surface area contributed by atoms with Crippen LogP contribution < -0.4 is 0 Å². The monoisotopic (exact) mass is 231 g/mol. The van der Waals surface area contributed by atoms with E-state index < -0.39 is 10.4 Å². The van der Waals surface area contributed by atoms with Crippen molar-refractivity contribution in [2.45, 2.75) is 45.1 Å². The third kappa shape index (κ3) is 5.68. The van der Waals surface area contributed by atoms with Crippen molar-refractivity contribution in [3.05, 3.63) is 0 Å². The molecule has 0 aromatic rings. The Kier molecular flexibility index (Phi) is 7.64. The van der Waals surface area contributed by atoms with Crippen LogP contribution in [0.25, 0.3) is 0 Å². The average Bonchev–Trinajstić information content (AvgIpc) is 2.15. The van der Waals surface area contributed by atoms with Crippen molar-refractivity contribution < 1.29 is 16.8 Å². The van der Waals surface area contributed by atoms with Crippen LogP contribution in [-0.4, -0.2) is 50.7 Å². The minimum absolute atomic E-state index is 0. The molecule has 1 aliphatic heterocycles. The summed E-state index contributed by atoms with van der Waals surface area (Å²) in [6.45, 7) is 2.16. The molecule has 79 valence electrons. The van der Waals surface area contributed by atoms with Gasteiger partial charge in [0, 0.05) is 29.6 Å². The van der Waals surface area contributed by atoms with Gasteiger partial charge in [-0.05, 0) is 19.3 Å². The van der Waals surface area contributed by atoms with E-state index in [-0.39, 0.29) is 42.3 Å². The zero-order chi connectivity index (χ0) is 9.73. The summed E-state index contributed by atoms with van der Waals surface area (Å²) in [5.41, 5.74) is 0. The fourth-order valence-corrected chi connectivity index (χ4v) is 2.27. The van der Waals surface area contributed by atoms with Crippen molar-refractivity contribution in [3.63, 3.8) is 0 Å². The molecule has 0 bridgehead atoms. The Morgan fingerprint density at radius 3 is 2.64 bits per heavy atom. The van der Waals surface area contributed by atoms with Crippen LogP contribution in [0.15, 0.2) is 0 Å². The van der Waals surface area contributed by atoms with Crippen molar-refractivity contribution in [3.8, 4) is 0 Å². The second-order valence-corrected chi connectivity index (χ2v) is 4.45. The first-order valence-electron chi connectivity index (χ1n) is 4.71. The molecule has 1 unspecified atom stereocenters. The van der Waals surface area contributed by atoms with E-state index >= 15 is 0 Å². The molecule has 6 heteroatoms. The fraction of sp³-hybridized carbons (Fsp3) is 1.00. The molecule has 1 rings (SSSR count). The van der Waals surface area contributed by atoms with Crippen LogP contribution in [0.1, 0.15) is 39.0 Å². The Bertz CT molecular complexity index is 240. The van der Waals surface area contributed by atoms with Gasteiger partial charge in [-0.25, -0.2) is 8.37 Å². The first-order valence-corrected chi connectivity index (χ1v) is 6.05. The van der Waals surface area contributed by atoms with Gasteiger partial charge in [0.15, 0.2) is 0 Å². The van der Waals surface area contributed by atoms with Gasteiger partial charge in [-0.15, -0.1) is 0 Å². The second-order valence-electron chi connectivity index (χ2n) is 3.21. The van der Waals surface area contributed by atoms with Gasteiger partial charge < -0.3 is 0 Å². The van der Waals surface area contributed by atoms with Crippen molar-refractivity contribution in [1.82, 2.24) is 0 Å². The van der Waals surface area contributed by atoms with Crippen LogP contribution in [0.3, 0.4) is 0 Å². The fourth-order valence-electron chi connectivity index (χ4n) is 1.33. The minimum Gasteiger partial charge on any atom is -0.248 e. The molecular formula is C8H16NaO4S. The molecule has 1 saturated heterocycles. The maximum absolute atomic E-state index is 11.1. The van der Waals surface area contributed by atoms with Gasteiger partial charge in [-0.3, -0.25) is 0 Å². The SMILES string of the molecule is CCC1CCCCCOS(=O)(=O)O1.[Na]. The van der Waals surface area contributed by atoms with Crippen molar-refractivity contribution in [2.24, 2.45) is 0 Å². The number of hydrogen-bond donors (Lipinski definition) is 0. The van der Waals surface area contributed by atoms with Gasteiger partial charge in [-0.1, -0.05) is 19.8 Å². The van der Waals surface area contributed by atoms with Crippen LogP contribution in [0.4, 0.5) is 0 Å². The van der Waals surface area contributed by atoms with Crippen LogP contribution in [0, 0.1) is 0 Å². The van der Waals surface area contributed by atoms with Gasteiger partial charge in [0.05, 0.1) is 12.7 Å². The van der Waals surface area contributed by atoms with E-state index in [0.29, 0.717) is 6.42 Å². The van der Waals surface area contributed by atoms with E-state index in [9.17, 15) is 8.42 Å². The number of hydrogen-bond acceptors (Lipinski definition) is 4. The summed E-state index contributed by atoms with van der Waals surface area (Å²) in [4.78, 5) is 0. The molecule has 1 atom stereocenters. The Balaban J connectivity index is 0.00000169. The van der Waals surface area contributed by atoms with E-state index in [1.165, 1.54) is 0 Å². The molecule has 0 aromatic carbocycles. The standard InChI is InChI=1S/C8H16O4S.Na/c1-2-8-6-4-3-5-7-11-13(9,10)12-8;/h8H,2-7H2,1H3;. The molecule has 1 radical (unpaired) electrons. The van der Waals surface area contributed by atoms with Crippen LogP contribution in [0.2, 0.25) is 0 Å². The van der Waals surface area contributed by atoms with Gasteiger partial charge in [0.1, 0.15) is 0 Å². The molecule has 0 aromatic heterocycles. The quantitative estimate of drug-likeness (QED) is 0.637. The summed E-state index contributed by atoms with van der Waals surface area (Å²) in [5.74, 6) is 0. The molecular weight excluding hydrogens is 215 g/mol. The van der Waals surface area contributed by atoms with Gasteiger partial charge >= 0.3 is 10.4 Å². The van der Waals surface area contributed by atoms with E-state index in [2.05, 4.69) is 4.18 Å². The Morgan fingerprint density at radius 1 is 1.29 bits per heavy atom. The van der Waals surface area contributed by atoms with Gasteiger partial charge in [-0.2, -0.15) is 8.42 Å². The molecule has 1 aliphatic rings. The molecule has 1 fully saturated rings. The van der Waals surface area contributed by atoms with E-state index in [1.807, 2.05) is 6.92 Å². The molecule has 4 nitrogen and oxygen atoms in total. The van der Waals surface area contributed by atoms with Crippen LogP contribution >= 0.6 is 0 Å². The molecule has 1 heterocycles. The summed E-state index contributed by atoms with van der Waals surface area (Å²) < 4.78 is 31.7. The predicted octanol–water partition coefficient (Wildman–Crippen LogP) is 1.24. The Morgan fingerprint density at radius 2 is 2.00 bits per heavy atom. The zero-order valence-corrected chi connectivity index (χ0v) is 11.7. The first kappa shape index (κ1) is 14.9. The van der Waals surface area contributed by atoms with Crippen molar-refractivity contribution in [1.29, 1.82) is 0 Å². The third-order valence-electron chi connectivity index (χ3n) is 2.11. The summed E-state index contributed by atoms with van der Waals surface area (Å²) >= 11 is 0. The predicted molar refractivity (Wildman–Crippen MR) is 54.3 cm³/mol. The van der Waals surface area contributed by atoms with Crippen LogP contribution in [-0.2, 0) is 18.8 Å². The maximum atomic E-state index is 11.1. The minimum atomic E-state index is -3.73. The first-order chi connectivity index (χ1) is 6.14. The molecule has 14 heavy (non-hydrogen) atoms. The largest absolute Gasteiger partial charge is 0.400 e. The topological polar surface area (TPSA) is 52.6 Å². The molecule has 0 amide bonds. The average molecular weight is 231 g/mol. The summed E-state index contributed by atoms with van der Waals surface area (Å²) in [6, 6.07) is 0. The van der Waals surface area contributed by atoms with E-state index in [1.54, 1.807) is 0 Å². The van der Waals surface area contributed by atoms with E-state index in [0.717, 1.165) is 25.7 Å². The summed E-state index contributed by atoms with van der Waals surface area (Å²) in [7, 11) is -3.73.